The Morgan fingerprint density at radius 1 is 1.07 bits per heavy atom. The zero-order valence-electron chi connectivity index (χ0n) is 18.0. The van der Waals surface area contributed by atoms with Crippen LogP contribution in [0.15, 0.2) is 23.4 Å². The molecule has 2 amide bonds. The van der Waals surface area contributed by atoms with Crippen LogP contribution in [0.25, 0.3) is 0 Å². The number of rotatable bonds is 8. The molecule has 0 atom stereocenters. The minimum atomic E-state index is -0.131. The predicted molar refractivity (Wildman–Crippen MR) is 120 cm³/mol. The number of thioether (sulfide) groups is 1. The van der Waals surface area contributed by atoms with Crippen LogP contribution in [0.5, 0.6) is 0 Å². The lowest BCUT2D eigenvalue weighted by atomic mass is 9.95. The van der Waals surface area contributed by atoms with E-state index in [1.54, 1.807) is 0 Å². The quantitative estimate of drug-likeness (QED) is 0.626. The summed E-state index contributed by atoms with van der Waals surface area (Å²) in [6.07, 6.45) is 5.93. The fourth-order valence-corrected chi connectivity index (χ4v) is 4.75. The SMILES string of the molecule is CCn1c(CC(=O)Nc2cc(C)cc(C)c2)nnc1SCC(=O)NC1CCCCC1. The fourth-order valence-electron chi connectivity index (χ4n) is 3.92. The molecule has 1 fully saturated rings. The number of nitrogens with zero attached hydrogens (tertiary/aromatic N) is 3. The third-order valence-electron chi connectivity index (χ3n) is 5.24. The fraction of sp³-hybridized carbons (Fsp3) is 0.545. The van der Waals surface area contributed by atoms with Crippen molar-refractivity contribution in [3.8, 4) is 0 Å². The maximum Gasteiger partial charge on any atom is 0.232 e. The first-order chi connectivity index (χ1) is 14.4. The Morgan fingerprint density at radius 3 is 2.43 bits per heavy atom. The lowest BCUT2D eigenvalue weighted by Crippen LogP contribution is -2.37. The third-order valence-corrected chi connectivity index (χ3v) is 6.20. The van der Waals surface area contributed by atoms with Crippen molar-refractivity contribution in [3.63, 3.8) is 0 Å². The van der Waals surface area contributed by atoms with E-state index in [0.29, 0.717) is 29.3 Å². The summed E-state index contributed by atoms with van der Waals surface area (Å²) >= 11 is 1.37. The van der Waals surface area contributed by atoms with Crippen molar-refractivity contribution in [2.24, 2.45) is 0 Å². The lowest BCUT2D eigenvalue weighted by Gasteiger charge is -2.22. The standard InChI is InChI=1S/C22H31N5O2S/c1-4-27-19(13-20(28)24-18-11-15(2)10-16(3)12-18)25-26-22(27)30-14-21(29)23-17-8-6-5-7-9-17/h10-12,17H,4-9,13-14H2,1-3H3,(H,23,29)(H,24,28). The van der Waals surface area contributed by atoms with Crippen molar-refractivity contribution >= 4 is 29.3 Å². The summed E-state index contributed by atoms with van der Waals surface area (Å²) in [6, 6.07) is 6.26. The molecule has 1 aromatic carbocycles. The highest BCUT2D eigenvalue weighted by Gasteiger charge is 2.18. The molecule has 2 aromatic rings. The number of benzene rings is 1. The summed E-state index contributed by atoms with van der Waals surface area (Å²) in [6.45, 7) is 6.64. The first kappa shape index (κ1) is 22.3. The van der Waals surface area contributed by atoms with Gasteiger partial charge in [-0.2, -0.15) is 0 Å². The molecule has 1 aliphatic rings. The van der Waals surface area contributed by atoms with Gasteiger partial charge in [-0.15, -0.1) is 10.2 Å². The molecule has 0 bridgehead atoms. The molecule has 1 aromatic heterocycles. The van der Waals surface area contributed by atoms with Gasteiger partial charge >= 0.3 is 0 Å². The molecule has 7 nitrogen and oxygen atoms in total. The van der Waals surface area contributed by atoms with Crippen molar-refractivity contribution < 1.29 is 9.59 Å². The maximum absolute atomic E-state index is 12.5. The Hall–Kier alpha value is -2.35. The second-order valence-electron chi connectivity index (χ2n) is 7.94. The molecule has 0 saturated heterocycles. The summed E-state index contributed by atoms with van der Waals surface area (Å²) in [7, 11) is 0. The maximum atomic E-state index is 12.5. The zero-order valence-corrected chi connectivity index (χ0v) is 18.8. The van der Waals surface area contributed by atoms with Crippen LogP contribution in [0.1, 0.15) is 56.0 Å². The summed E-state index contributed by atoms with van der Waals surface area (Å²) in [4.78, 5) is 24.8. The molecule has 1 saturated carbocycles. The Kier molecular flexibility index (Phi) is 7.90. The monoisotopic (exact) mass is 429 g/mol. The molecule has 0 unspecified atom stereocenters. The number of hydrogen-bond acceptors (Lipinski definition) is 5. The summed E-state index contributed by atoms with van der Waals surface area (Å²) in [5.74, 6) is 0.818. The predicted octanol–water partition coefficient (Wildman–Crippen LogP) is 3.64. The van der Waals surface area contributed by atoms with Crippen molar-refractivity contribution in [2.75, 3.05) is 11.1 Å². The smallest absolute Gasteiger partial charge is 0.232 e. The Labute approximate surface area is 182 Å². The topological polar surface area (TPSA) is 88.9 Å². The second kappa shape index (κ2) is 10.6. The van der Waals surface area contributed by atoms with E-state index in [2.05, 4.69) is 26.9 Å². The molecule has 8 heteroatoms. The molecule has 162 valence electrons. The second-order valence-corrected chi connectivity index (χ2v) is 8.88. The highest BCUT2D eigenvalue weighted by Crippen LogP contribution is 2.20. The Morgan fingerprint density at radius 2 is 1.77 bits per heavy atom. The van der Waals surface area contributed by atoms with Crippen LogP contribution >= 0.6 is 11.8 Å². The van der Waals surface area contributed by atoms with Crippen molar-refractivity contribution in [2.45, 2.75) is 77.0 Å². The molecular weight excluding hydrogens is 398 g/mol. The third kappa shape index (κ3) is 6.32. The van der Waals surface area contributed by atoms with Crippen LogP contribution in [0, 0.1) is 13.8 Å². The van der Waals surface area contributed by atoms with Gasteiger partial charge in [-0.3, -0.25) is 9.59 Å². The van der Waals surface area contributed by atoms with Crippen LogP contribution < -0.4 is 10.6 Å². The van der Waals surface area contributed by atoms with E-state index < -0.39 is 0 Å². The summed E-state index contributed by atoms with van der Waals surface area (Å²) in [5, 5.41) is 15.1. The van der Waals surface area contributed by atoms with E-state index in [-0.39, 0.29) is 18.2 Å². The van der Waals surface area contributed by atoms with Crippen molar-refractivity contribution in [1.82, 2.24) is 20.1 Å². The number of carbonyl (C=O) groups excluding carboxylic acids is 2. The van der Waals surface area contributed by atoms with Gasteiger partial charge in [-0.25, -0.2) is 0 Å². The number of nitrogens with one attached hydrogen (secondary N) is 2. The number of anilines is 1. The number of hydrogen-bond donors (Lipinski definition) is 2. The van der Waals surface area contributed by atoms with Crippen LogP contribution in [-0.2, 0) is 22.6 Å². The van der Waals surface area contributed by atoms with Crippen molar-refractivity contribution in [3.05, 3.63) is 35.2 Å². The number of amides is 2. The average Bonchev–Trinajstić information content (AvgIpc) is 3.07. The highest BCUT2D eigenvalue weighted by molar-refractivity contribution is 7.99. The normalized spacial score (nSPS) is 14.5. The van der Waals surface area contributed by atoms with Crippen LogP contribution in [-0.4, -0.2) is 38.4 Å². The zero-order chi connectivity index (χ0) is 21.5. The summed E-state index contributed by atoms with van der Waals surface area (Å²) in [5.41, 5.74) is 2.99. The van der Waals surface area contributed by atoms with Crippen LogP contribution in [0.2, 0.25) is 0 Å². The van der Waals surface area contributed by atoms with Gasteiger partial charge in [-0.05, 0) is 56.9 Å². The van der Waals surface area contributed by atoms with Gasteiger partial charge in [0.05, 0.1) is 12.2 Å². The number of aryl methyl sites for hydroxylation is 2. The molecule has 0 spiro atoms. The largest absolute Gasteiger partial charge is 0.353 e. The van der Waals surface area contributed by atoms with E-state index in [1.165, 1.54) is 31.0 Å². The molecule has 3 rings (SSSR count). The molecule has 0 aliphatic heterocycles. The van der Waals surface area contributed by atoms with E-state index in [4.69, 9.17) is 0 Å². The number of aromatic nitrogens is 3. The minimum Gasteiger partial charge on any atom is -0.353 e. The van der Waals surface area contributed by atoms with E-state index in [9.17, 15) is 9.59 Å². The van der Waals surface area contributed by atoms with E-state index in [1.807, 2.05) is 37.5 Å². The minimum absolute atomic E-state index is 0.0339. The molecule has 1 aliphatic carbocycles. The number of carbonyl (C=O) groups is 2. The molecule has 30 heavy (non-hydrogen) atoms. The van der Waals surface area contributed by atoms with Gasteiger partial charge in [0.1, 0.15) is 5.82 Å². The molecule has 2 N–H and O–H groups in total. The Bertz CT molecular complexity index is 869. The molecular formula is C22H31N5O2S. The lowest BCUT2D eigenvalue weighted by molar-refractivity contribution is -0.119. The van der Waals surface area contributed by atoms with Gasteiger partial charge < -0.3 is 15.2 Å². The van der Waals surface area contributed by atoms with Crippen LogP contribution in [0.3, 0.4) is 0 Å². The summed E-state index contributed by atoms with van der Waals surface area (Å²) < 4.78 is 1.90. The first-order valence-corrected chi connectivity index (χ1v) is 11.7. The van der Waals surface area contributed by atoms with Crippen LogP contribution in [0.4, 0.5) is 5.69 Å². The van der Waals surface area contributed by atoms with Crippen molar-refractivity contribution in [1.29, 1.82) is 0 Å². The van der Waals surface area contributed by atoms with Gasteiger partial charge in [0, 0.05) is 18.3 Å². The van der Waals surface area contributed by atoms with E-state index >= 15 is 0 Å². The van der Waals surface area contributed by atoms with Gasteiger partial charge in [0.15, 0.2) is 5.16 Å². The Balaban J connectivity index is 1.55. The average molecular weight is 430 g/mol. The van der Waals surface area contributed by atoms with Gasteiger partial charge in [0.25, 0.3) is 0 Å². The van der Waals surface area contributed by atoms with Gasteiger partial charge in [-0.1, -0.05) is 37.1 Å². The van der Waals surface area contributed by atoms with E-state index in [0.717, 1.165) is 29.7 Å². The first-order valence-electron chi connectivity index (χ1n) is 10.7. The molecule has 0 radical (unpaired) electrons. The highest BCUT2D eigenvalue weighted by atomic mass is 32.2. The van der Waals surface area contributed by atoms with Gasteiger partial charge in [0.2, 0.25) is 11.8 Å². The molecule has 1 heterocycles.